The van der Waals surface area contributed by atoms with E-state index in [1.165, 1.54) is 6.07 Å². The molecule has 2 heterocycles. The quantitative estimate of drug-likeness (QED) is 0.643. The number of likely N-dealkylation sites (tertiary alicyclic amines) is 1. The summed E-state index contributed by atoms with van der Waals surface area (Å²) in [6.45, 7) is 0.905. The molecule has 6 nitrogen and oxygen atoms in total. The van der Waals surface area contributed by atoms with Crippen molar-refractivity contribution in [3.05, 3.63) is 65.0 Å². The summed E-state index contributed by atoms with van der Waals surface area (Å²) >= 11 is 6.00. The minimum Gasteiger partial charge on any atom is -0.339 e. The molecule has 1 fully saturated rings. The summed E-state index contributed by atoms with van der Waals surface area (Å²) in [6.07, 6.45) is 1.27. The average molecular weight is 419 g/mol. The zero-order valence-electron chi connectivity index (χ0n) is 15.2. The molecule has 1 saturated heterocycles. The van der Waals surface area contributed by atoms with Gasteiger partial charge < -0.3 is 14.7 Å². The molecule has 1 N–H and O–H groups in total. The first-order valence-electron chi connectivity index (χ1n) is 9.10. The first kappa shape index (κ1) is 19.3. The van der Waals surface area contributed by atoms with E-state index in [0.29, 0.717) is 42.7 Å². The molecule has 3 aromatic rings. The molecular weight excluding hydrogens is 402 g/mol. The highest BCUT2D eigenvalue weighted by atomic mass is 35.5. The molecule has 0 bridgehead atoms. The predicted molar refractivity (Wildman–Crippen MR) is 104 cm³/mol. The van der Waals surface area contributed by atoms with E-state index < -0.39 is 17.7 Å². The van der Waals surface area contributed by atoms with Gasteiger partial charge in [-0.25, -0.2) is 13.6 Å². The standard InChI is InChI=1S/C20H17ClF2N4O2/c21-14-3-1-2-13(10-14)18-25-19(29-26-18)12-6-8-27(9-7-12)20(28)24-17-5-4-15(22)11-16(17)23/h1-5,10-12H,6-9H2,(H,24,28). The van der Waals surface area contributed by atoms with Crippen molar-refractivity contribution in [1.82, 2.24) is 15.0 Å². The second-order valence-electron chi connectivity index (χ2n) is 6.78. The van der Waals surface area contributed by atoms with Gasteiger partial charge in [-0.05, 0) is 37.1 Å². The fraction of sp³-hybridized carbons (Fsp3) is 0.250. The highest BCUT2D eigenvalue weighted by Gasteiger charge is 2.28. The number of benzene rings is 2. The fourth-order valence-corrected chi connectivity index (χ4v) is 3.45. The van der Waals surface area contributed by atoms with Gasteiger partial charge in [0.2, 0.25) is 11.7 Å². The van der Waals surface area contributed by atoms with Crippen molar-refractivity contribution < 1.29 is 18.1 Å². The summed E-state index contributed by atoms with van der Waals surface area (Å²) < 4.78 is 32.1. The van der Waals surface area contributed by atoms with Gasteiger partial charge in [0.25, 0.3) is 0 Å². The first-order valence-corrected chi connectivity index (χ1v) is 9.48. The first-order chi connectivity index (χ1) is 14.0. The summed E-state index contributed by atoms with van der Waals surface area (Å²) in [6, 6.07) is 9.79. The van der Waals surface area contributed by atoms with Crippen molar-refractivity contribution in [2.45, 2.75) is 18.8 Å². The minimum absolute atomic E-state index is 0.0297. The molecule has 29 heavy (non-hydrogen) atoms. The molecule has 4 rings (SSSR count). The van der Waals surface area contributed by atoms with Crippen LogP contribution in [0.3, 0.4) is 0 Å². The van der Waals surface area contributed by atoms with Crippen LogP contribution in [0.15, 0.2) is 47.0 Å². The maximum atomic E-state index is 13.7. The van der Waals surface area contributed by atoms with Crippen LogP contribution in [-0.2, 0) is 0 Å². The molecule has 1 aliphatic heterocycles. The predicted octanol–water partition coefficient (Wildman–Crippen LogP) is 5.08. The number of carbonyl (C=O) groups excluding carboxylic acids is 1. The Bertz CT molecular complexity index is 1030. The molecule has 0 unspecified atom stereocenters. The number of hydrogen-bond donors (Lipinski definition) is 1. The van der Waals surface area contributed by atoms with Crippen LogP contribution in [0.2, 0.25) is 5.02 Å². The number of nitrogens with zero attached hydrogens (tertiary/aromatic N) is 3. The summed E-state index contributed by atoms with van der Waals surface area (Å²) in [5.41, 5.74) is 0.715. The van der Waals surface area contributed by atoms with Crippen LogP contribution in [0.4, 0.5) is 19.3 Å². The van der Waals surface area contributed by atoms with E-state index >= 15 is 0 Å². The molecule has 1 aromatic heterocycles. The van der Waals surface area contributed by atoms with Crippen molar-refractivity contribution in [3.8, 4) is 11.4 Å². The molecular formula is C20H17ClF2N4O2. The van der Waals surface area contributed by atoms with Crippen LogP contribution in [0.25, 0.3) is 11.4 Å². The molecule has 9 heteroatoms. The van der Waals surface area contributed by atoms with Gasteiger partial charge in [-0.2, -0.15) is 4.98 Å². The molecule has 0 saturated carbocycles. The summed E-state index contributed by atoms with van der Waals surface area (Å²) in [5.74, 6) is -0.494. The monoisotopic (exact) mass is 418 g/mol. The molecule has 0 radical (unpaired) electrons. The largest absolute Gasteiger partial charge is 0.339 e. The number of anilines is 1. The summed E-state index contributed by atoms with van der Waals surface area (Å²) in [4.78, 5) is 18.4. The maximum Gasteiger partial charge on any atom is 0.321 e. The molecule has 2 amide bonds. The number of piperidine rings is 1. The van der Waals surface area contributed by atoms with E-state index in [-0.39, 0.29) is 11.6 Å². The van der Waals surface area contributed by atoms with E-state index in [1.807, 2.05) is 12.1 Å². The number of hydrogen-bond acceptors (Lipinski definition) is 4. The summed E-state index contributed by atoms with van der Waals surface area (Å²) in [5, 5.41) is 7.08. The van der Waals surface area contributed by atoms with Crippen LogP contribution in [-0.4, -0.2) is 34.2 Å². The zero-order valence-corrected chi connectivity index (χ0v) is 16.0. The topological polar surface area (TPSA) is 71.3 Å². The molecule has 150 valence electrons. The smallest absolute Gasteiger partial charge is 0.321 e. The van der Waals surface area contributed by atoms with E-state index in [9.17, 15) is 13.6 Å². The van der Waals surface area contributed by atoms with Gasteiger partial charge in [0, 0.05) is 35.7 Å². The minimum atomic E-state index is -0.812. The lowest BCUT2D eigenvalue weighted by atomic mass is 9.97. The lowest BCUT2D eigenvalue weighted by molar-refractivity contribution is 0.187. The second kappa shape index (κ2) is 8.16. The Kier molecular flexibility index (Phi) is 5.44. The number of carbonyl (C=O) groups is 1. The number of amides is 2. The van der Waals surface area contributed by atoms with Crippen molar-refractivity contribution in [1.29, 1.82) is 0 Å². The van der Waals surface area contributed by atoms with Gasteiger partial charge >= 0.3 is 6.03 Å². The Morgan fingerprint density at radius 3 is 2.69 bits per heavy atom. The number of halogens is 3. The Balaban J connectivity index is 1.36. The van der Waals surface area contributed by atoms with Gasteiger partial charge in [-0.15, -0.1) is 0 Å². The van der Waals surface area contributed by atoms with Crippen LogP contribution in [0.5, 0.6) is 0 Å². The summed E-state index contributed by atoms with van der Waals surface area (Å²) in [7, 11) is 0. The third-order valence-corrected chi connectivity index (χ3v) is 5.06. The van der Waals surface area contributed by atoms with E-state index in [4.69, 9.17) is 16.1 Å². The van der Waals surface area contributed by atoms with Crippen molar-refractivity contribution in [2.24, 2.45) is 0 Å². The van der Waals surface area contributed by atoms with E-state index in [1.54, 1.807) is 17.0 Å². The molecule has 1 aliphatic rings. The second-order valence-corrected chi connectivity index (χ2v) is 7.22. The maximum absolute atomic E-state index is 13.7. The number of aromatic nitrogens is 2. The van der Waals surface area contributed by atoms with Crippen LogP contribution in [0, 0.1) is 11.6 Å². The van der Waals surface area contributed by atoms with Crippen molar-refractivity contribution in [3.63, 3.8) is 0 Å². The van der Waals surface area contributed by atoms with Crippen molar-refractivity contribution in [2.75, 3.05) is 18.4 Å². The van der Waals surface area contributed by atoms with Crippen LogP contribution in [0.1, 0.15) is 24.7 Å². The third kappa shape index (κ3) is 4.37. The lowest BCUT2D eigenvalue weighted by Gasteiger charge is -2.30. The highest BCUT2D eigenvalue weighted by molar-refractivity contribution is 6.30. The Hall–Kier alpha value is -3.00. The van der Waals surface area contributed by atoms with Crippen LogP contribution >= 0.6 is 11.6 Å². The van der Waals surface area contributed by atoms with Gasteiger partial charge in [-0.3, -0.25) is 0 Å². The number of nitrogens with one attached hydrogen (secondary N) is 1. The normalized spacial score (nSPS) is 14.8. The molecule has 0 atom stereocenters. The van der Waals surface area contributed by atoms with E-state index in [0.717, 1.165) is 17.7 Å². The zero-order chi connectivity index (χ0) is 20.4. The van der Waals surface area contributed by atoms with Gasteiger partial charge in [-0.1, -0.05) is 28.9 Å². The Morgan fingerprint density at radius 1 is 1.17 bits per heavy atom. The number of rotatable bonds is 3. The van der Waals surface area contributed by atoms with Gasteiger partial charge in [0.1, 0.15) is 11.6 Å². The number of urea groups is 1. The molecule has 0 aliphatic carbocycles. The van der Waals surface area contributed by atoms with Crippen molar-refractivity contribution >= 4 is 23.3 Å². The Labute approximate surface area is 170 Å². The van der Waals surface area contributed by atoms with Gasteiger partial charge in [0.05, 0.1) is 5.69 Å². The SMILES string of the molecule is O=C(Nc1ccc(F)cc1F)N1CCC(c2nc(-c3cccc(Cl)c3)no2)CC1. The van der Waals surface area contributed by atoms with E-state index in [2.05, 4.69) is 15.5 Å². The average Bonchev–Trinajstić information content (AvgIpc) is 3.20. The fourth-order valence-electron chi connectivity index (χ4n) is 3.26. The highest BCUT2D eigenvalue weighted by Crippen LogP contribution is 2.29. The van der Waals surface area contributed by atoms with Gasteiger partial charge in [0.15, 0.2) is 0 Å². The molecule has 0 spiro atoms. The van der Waals surface area contributed by atoms with Crippen LogP contribution < -0.4 is 5.32 Å². The Morgan fingerprint density at radius 2 is 1.97 bits per heavy atom. The third-order valence-electron chi connectivity index (χ3n) is 4.83. The molecule has 2 aromatic carbocycles. The lowest BCUT2D eigenvalue weighted by Crippen LogP contribution is -2.40.